The Morgan fingerprint density at radius 3 is 3.05 bits per heavy atom. The number of aromatic nitrogens is 1. The average Bonchev–Trinajstić information content (AvgIpc) is 2.96. The van der Waals surface area contributed by atoms with Crippen LogP contribution in [0.1, 0.15) is 29.3 Å². The normalized spacial score (nSPS) is 10.2. The lowest BCUT2D eigenvalue weighted by Crippen LogP contribution is -2.24. The van der Waals surface area contributed by atoms with E-state index in [4.69, 9.17) is 4.42 Å². The Bertz CT molecular complexity index is 523. The van der Waals surface area contributed by atoms with E-state index in [1.54, 1.807) is 30.9 Å². The van der Waals surface area contributed by atoms with Crippen LogP contribution < -0.4 is 10.6 Å². The topological polar surface area (TPSA) is 67.2 Å². The second-order valence-corrected chi connectivity index (χ2v) is 4.14. The molecule has 0 aliphatic rings. The van der Waals surface area contributed by atoms with E-state index in [1.807, 2.05) is 6.07 Å². The van der Waals surface area contributed by atoms with Gasteiger partial charge in [-0.1, -0.05) is 6.92 Å². The number of pyridine rings is 1. The summed E-state index contributed by atoms with van der Waals surface area (Å²) >= 11 is 0. The van der Waals surface area contributed by atoms with Gasteiger partial charge in [-0.3, -0.25) is 4.79 Å². The van der Waals surface area contributed by atoms with Crippen LogP contribution in [-0.2, 0) is 6.54 Å². The lowest BCUT2D eigenvalue weighted by atomic mass is 10.2. The molecule has 0 aliphatic carbocycles. The second kappa shape index (κ2) is 6.58. The lowest BCUT2D eigenvalue weighted by molar-refractivity contribution is 0.0951. The zero-order chi connectivity index (χ0) is 13.5. The number of hydrogen-bond donors (Lipinski definition) is 2. The minimum absolute atomic E-state index is 0.145. The van der Waals surface area contributed by atoms with Crippen molar-refractivity contribution < 1.29 is 9.21 Å². The molecule has 0 bridgehead atoms. The van der Waals surface area contributed by atoms with Gasteiger partial charge in [0.05, 0.1) is 18.1 Å². The van der Waals surface area contributed by atoms with Gasteiger partial charge in [-0.2, -0.15) is 0 Å². The predicted molar refractivity (Wildman–Crippen MR) is 72.9 cm³/mol. The Balaban J connectivity index is 2.01. The van der Waals surface area contributed by atoms with Gasteiger partial charge in [0.25, 0.3) is 5.91 Å². The van der Waals surface area contributed by atoms with Crippen molar-refractivity contribution in [1.82, 2.24) is 10.3 Å². The van der Waals surface area contributed by atoms with Gasteiger partial charge in [0, 0.05) is 24.8 Å². The SMILES string of the molecule is CCCNc1ncccc1C(=O)NCc1ccoc1. The van der Waals surface area contributed by atoms with Crippen molar-refractivity contribution >= 4 is 11.7 Å². The summed E-state index contributed by atoms with van der Waals surface area (Å²) in [5, 5.41) is 5.99. The van der Waals surface area contributed by atoms with Crippen LogP contribution in [0, 0.1) is 0 Å². The van der Waals surface area contributed by atoms with E-state index in [-0.39, 0.29) is 5.91 Å². The van der Waals surface area contributed by atoms with Crippen LogP contribution >= 0.6 is 0 Å². The number of nitrogens with one attached hydrogen (secondary N) is 2. The van der Waals surface area contributed by atoms with Gasteiger partial charge in [-0.05, 0) is 24.6 Å². The first-order valence-corrected chi connectivity index (χ1v) is 6.29. The fourth-order valence-electron chi connectivity index (χ4n) is 1.64. The summed E-state index contributed by atoms with van der Waals surface area (Å²) < 4.78 is 4.95. The number of amides is 1. The summed E-state index contributed by atoms with van der Waals surface area (Å²) in [6, 6.07) is 5.33. The van der Waals surface area contributed by atoms with E-state index in [1.165, 1.54) is 0 Å². The molecule has 0 saturated heterocycles. The first kappa shape index (κ1) is 13.1. The van der Waals surface area contributed by atoms with Crippen LogP contribution in [0.15, 0.2) is 41.3 Å². The van der Waals surface area contributed by atoms with Gasteiger partial charge >= 0.3 is 0 Å². The van der Waals surface area contributed by atoms with Crippen molar-refractivity contribution in [2.75, 3.05) is 11.9 Å². The summed E-state index contributed by atoms with van der Waals surface area (Å²) in [5.41, 5.74) is 1.49. The molecule has 0 spiro atoms. The van der Waals surface area contributed by atoms with Crippen LogP contribution in [0.5, 0.6) is 0 Å². The number of carbonyl (C=O) groups excluding carboxylic acids is 1. The van der Waals surface area contributed by atoms with Gasteiger partial charge in [-0.15, -0.1) is 0 Å². The van der Waals surface area contributed by atoms with Gasteiger partial charge in [-0.25, -0.2) is 4.98 Å². The number of anilines is 1. The Morgan fingerprint density at radius 2 is 2.32 bits per heavy atom. The van der Waals surface area contributed by atoms with Crippen LogP contribution in [0.4, 0.5) is 5.82 Å². The van der Waals surface area contributed by atoms with Crippen molar-refractivity contribution in [3.63, 3.8) is 0 Å². The molecule has 2 aromatic rings. The quantitative estimate of drug-likeness (QED) is 0.836. The van der Waals surface area contributed by atoms with Crippen molar-refractivity contribution in [3.05, 3.63) is 48.0 Å². The monoisotopic (exact) mass is 259 g/mol. The molecule has 0 saturated carbocycles. The van der Waals surface area contributed by atoms with Gasteiger partial charge in [0.2, 0.25) is 0 Å². The van der Waals surface area contributed by atoms with Crippen LogP contribution in [0.3, 0.4) is 0 Å². The zero-order valence-electron chi connectivity index (χ0n) is 10.8. The Morgan fingerprint density at radius 1 is 1.42 bits per heavy atom. The number of furan rings is 1. The molecular weight excluding hydrogens is 242 g/mol. The summed E-state index contributed by atoms with van der Waals surface area (Å²) in [5.74, 6) is 0.474. The molecule has 5 heteroatoms. The molecule has 0 atom stereocenters. The Hall–Kier alpha value is -2.30. The Kier molecular flexibility index (Phi) is 4.55. The van der Waals surface area contributed by atoms with E-state index in [0.717, 1.165) is 18.5 Å². The van der Waals surface area contributed by atoms with E-state index in [9.17, 15) is 4.79 Å². The molecule has 0 aromatic carbocycles. The summed E-state index contributed by atoms with van der Waals surface area (Å²) in [4.78, 5) is 16.3. The largest absolute Gasteiger partial charge is 0.472 e. The first-order chi connectivity index (χ1) is 9.31. The number of carbonyl (C=O) groups is 1. The maximum atomic E-state index is 12.1. The highest BCUT2D eigenvalue weighted by molar-refractivity contribution is 5.98. The van der Waals surface area contributed by atoms with Crippen molar-refractivity contribution in [2.45, 2.75) is 19.9 Å². The van der Waals surface area contributed by atoms with E-state index in [0.29, 0.717) is 17.9 Å². The fraction of sp³-hybridized carbons (Fsp3) is 0.286. The third-order valence-corrected chi connectivity index (χ3v) is 2.63. The molecule has 2 N–H and O–H groups in total. The minimum atomic E-state index is -0.145. The fourth-order valence-corrected chi connectivity index (χ4v) is 1.64. The first-order valence-electron chi connectivity index (χ1n) is 6.29. The summed E-state index contributed by atoms with van der Waals surface area (Å²) in [6.45, 7) is 3.30. The lowest BCUT2D eigenvalue weighted by Gasteiger charge is -2.10. The van der Waals surface area contributed by atoms with Gasteiger partial charge in [0.1, 0.15) is 5.82 Å². The molecule has 0 unspecified atom stereocenters. The zero-order valence-corrected chi connectivity index (χ0v) is 10.8. The van der Waals surface area contributed by atoms with Crippen LogP contribution in [0.2, 0.25) is 0 Å². The highest BCUT2D eigenvalue weighted by Crippen LogP contribution is 2.11. The predicted octanol–water partition coefficient (Wildman–Crippen LogP) is 2.43. The van der Waals surface area contributed by atoms with Crippen LogP contribution in [-0.4, -0.2) is 17.4 Å². The molecule has 19 heavy (non-hydrogen) atoms. The maximum absolute atomic E-state index is 12.1. The molecule has 0 fully saturated rings. The van der Waals surface area contributed by atoms with E-state index < -0.39 is 0 Å². The number of hydrogen-bond acceptors (Lipinski definition) is 4. The molecule has 2 aromatic heterocycles. The van der Waals surface area contributed by atoms with E-state index in [2.05, 4.69) is 22.5 Å². The van der Waals surface area contributed by atoms with Gasteiger partial charge in [0.15, 0.2) is 0 Å². The maximum Gasteiger partial charge on any atom is 0.255 e. The molecule has 0 aliphatic heterocycles. The van der Waals surface area contributed by atoms with Gasteiger partial charge < -0.3 is 15.1 Å². The Labute approximate surface area is 112 Å². The summed E-state index contributed by atoms with van der Waals surface area (Å²) in [6.07, 6.45) is 5.84. The second-order valence-electron chi connectivity index (χ2n) is 4.14. The molecule has 2 rings (SSSR count). The van der Waals surface area contributed by atoms with Crippen molar-refractivity contribution in [2.24, 2.45) is 0 Å². The number of rotatable bonds is 6. The van der Waals surface area contributed by atoms with Crippen LogP contribution in [0.25, 0.3) is 0 Å². The molecule has 0 radical (unpaired) electrons. The standard InChI is InChI=1S/C14H17N3O2/c1-2-6-15-13-12(4-3-7-16-13)14(18)17-9-11-5-8-19-10-11/h3-5,7-8,10H,2,6,9H2,1H3,(H,15,16)(H,17,18). The smallest absolute Gasteiger partial charge is 0.255 e. The number of nitrogens with zero attached hydrogens (tertiary/aromatic N) is 1. The minimum Gasteiger partial charge on any atom is -0.472 e. The highest BCUT2D eigenvalue weighted by atomic mass is 16.3. The third-order valence-electron chi connectivity index (χ3n) is 2.63. The molecule has 5 nitrogen and oxygen atoms in total. The molecule has 100 valence electrons. The average molecular weight is 259 g/mol. The summed E-state index contributed by atoms with van der Waals surface area (Å²) in [7, 11) is 0. The van der Waals surface area contributed by atoms with Crippen molar-refractivity contribution in [1.29, 1.82) is 0 Å². The highest BCUT2D eigenvalue weighted by Gasteiger charge is 2.11. The van der Waals surface area contributed by atoms with Crippen molar-refractivity contribution in [3.8, 4) is 0 Å². The van der Waals surface area contributed by atoms with E-state index >= 15 is 0 Å². The molecule has 2 heterocycles. The third kappa shape index (κ3) is 3.58. The molecule has 1 amide bonds. The molecular formula is C14H17N3O2.